The van der Waals surface area contributed by atoms with E-state index in [1.165, 1.54) is 5.56 Å². The summed E-state index contributed by atoms with van der Waals surface area (Å²) in [6.07, 6.45) is 0. The van der Waals surface area contributed by atoms with Crippen LogP contribution in [-0.2, 0) is 6.54 Å². The van der Waals surface area contributed by atoms with Crippen LogP contribution < -0.4 is 0 Å². The average Bonchev–Trinajstić information content (AvgIpc) is 2.95. The maximum atomic E-state index is 10.3. The minimum Gasteiger partial charge on any atom is -0.507 e. The van der Waals surface area contributed by atoms with Crippen molar-refractivity contribution >= 4 is 21.8 Å². The number of fused-ring (bicyclic) bond motifs is 3. The van der Waals surface area contributed by atoms with Gasteiger partial charge in [-0.15, -0.1) is 0 Å². The van der Waals surface area contributed by atoms with E-state index >= 15 is 0 Å². The molecule has 0 aliphatic carbocycles. The number of benzene rings is 3. The number of hydrogen-bond donors (Lipinski definition) is 1. The summed E-state index contributed by atoms with van der Waals surface area (Å²) >= 11 is 0. The van der Waals surface area contributed by atoms with Crippen LogP contribution in [0.2, 0.25) is 0 Å². The largest absolute Gasteiger partial charge is 0.507 e. The van der Waals surface area contributed by atoms with Crippen LogP contribution in [0.1, 0.15) is 31.2 Å². The molecule has 1 aromatic heterocycles. The summed E-state index contributed by atoms with van der Waals surface area (Å²) < 4.78 is 2.29. The summed E-state index contributed by atoms with van der Waals surface area (Å²) in [5.41, 5.74) is 3.19. The van der Waals surface area contributed by atoms with Crippen LogP contribution in [-0.4, -0.2) is 14.7 Å². The first kappa shape index (κ1) is 14.8. The minimum atomic E-state index is 0.290. The van der Waals surface area contributed by atoms with Crippen LogP contribution in [0.15, 0.2) is 60.7 Å². The number of aromatic nitrogens is 2. The molecule has 24 heavy (non-hydrogen) atoms. The molecule has 1 heterocycles. The third-order valence-corrected chi connectivity index (χ3v) is 4.46. The van der Waals surface area contributed by atoms with Gasteiger partial charge in [0, 0.05) is 29.3 Å². The van der Waals surface area contributed by atoms with E-state index in [0.717, 1.165) is 34.2 Å². The highest BCUT2D eigenvalue weighted by molar-refractivity contribution is 6.07. The van der Waals surface area contributed by atoms with Gasteiger partial charge in [0.05, 0.1) is 11.0 Å². The quantitative estimate of drug-likeness (QED) is 0.573. The van der Waals surface area contributed by atoms with Crippen LogP contribution in [0.5, 0.6) is 5.75 Å². The zero-order valence-corrected chi connectivity index (χ0v) is 13.9. The van der Waals surface area contributed by atoms with Crippen molar-refractivity contribution in [3.63, 3.8) is 0 Å². The second-order valence-electron chi connectivity index (χ2n) is 6.51. The normalized spacial score (nSPS) is 11.6. The van der Waals surface area contributed by atoms with Gasteiger partial charge in [-0.1, -0.05) is 68.4 Å². The Balaban J connectivity index is 2.05. The van der Waals surface area contributed by atoms with Gasteiger partial charge in [0.2, 0.25) is 0 Å². The molecular formula is C21H20N2O. The summed E-state index contributed by atoms with van der Waals surface area (Å²) in [6.45, 7) is 5.09. The van der Waals surface area contributed by atoms with Gasteiger partial charge < -0.3 is 9.67 Å². The first-order valence-corrected chi connectivity index (χ1v) is 8.30. The van der Waals surface area contributed by atoms with Crippen LogP contribution in [0.3, 0.4) is 0 Å². The predicted octanol–water partition coefficient (Wildman–Crippen LogP) is 5.07. The number of hydrogen-bond acceptors (Lipinski definition) is 2. The summed E-state index contributed by atoms with van der Waals surface area (Å²) in [6, 6.07) is 20.2. The fourth-order valence-electron chi connectivity index (χ4n) is 3.36. The van der Waals surface area contributed by atoms with Crippen molar-refractivity contribution in [2.24, 2.45) is 0 Å². The lowest BCUT2D eigenvalue weighted by Gasteiger charge is -2.13. The van der Waals surface area contributed by atoms with E-state index in [-0.39, 0.29) is 5.75 Å². The third kappa shape index (κ3) is 2.33. The van der Waals surface area contributed by atoms with Crippen molar-refractivity contribution in [3.8, 4) is 5.75 Å². The Hall–Kier alpha value is -2.81. The highest BCUT2D eigenvalue weighted by atomic mass is 16.3. The van der Waals surface area contributed by atoms with Crippen molar-refractivity contribution in [2.45, 2.75) is 26.3 Å². The Morgan fingerprint density at radius 1 is 0.958 bits per heavy atom. The molecule has 0 fully saturated rings. The van der Waals surface area contributed by atoms with Gasteiger partial charge in [-0.2, -0.15) is 0 Å². The summed E-state index contributed by atoms with van der Waals surface area (Å²) in [4.78, 5) is 4.82. The maximum Gasteiger partial charge on any atom is 0.125 e. The molecule has 4 aromatic rings. The Kier molecular flexibility index (Phi) is 3.49. The lowest BCUT2D eigenvalue weighted by Crippen LogP contribution is -2.06. The minimum absolute atomic E-state index is 0.290. The highest BCUT2D eigenvalue weighted by Crippen LogP contribution is 2.34. The summed E-state index contributed by atoms with van der Waals surface area (Å²) in [5.74, 6) is 1.64. The molecule has 0 saturated carbocycles. The van der Waals surface area contributed by atoms with Crippen LogP contribution in [0.25, 0.3) is 21.8 Å². The number of phenolic OH excluding ortho intramolecular Hbond substituents is 1. The molecule has 0 aliphatic heterocycles. The zero-order valence-electron chi connectivity index (χ0n) is 13.9. The second kappa shape index (κ2) is 5.68. The average molecular weight is 316 g/mol. The number of imidazole rings is 1. The summed E-state index contributed by atoms with van der Waals surface area (Å²) in [5, 5.41) is 12.3. The van der Waals surface area contributed by atoms with E-state index in [1.807, 2.05) is 24.3 Å². The molecule has 0 amide bonds. The van der Waals surface area contributed by atoms with Crippen molar-refractivity contribution in [1.82, 2.24) is 9.55 Å². The first-order chi connectivity index (χ1) is 11.6. The molecule has 3 aromatic carbocycles. The van der Waals surface area contributed by atoms with Gasteiger partial charge in [0.1, 0.15) is 11.6 Å². The number of nitrogens with zero attached hydrogens (tertiary/aromatic N) is 2. The van der Waals surface area contributed by atoms with Gasteiger partial charge >= 0.3 is 0 Å². The van der Waals surface area contributed by atoms with Crippen molar-refractivity contribution in [2.75, 3.05) is 0 Å². The molecule has 0 unspecified atom stereocenters. The van der Waals surface area contributed by atoms with Crippen molar-refractivity contribution in [3.05, 3.63) is 72.1 Å². The third-order valence-electron chi connectivity index (χ3n) is 4.46. The van der Waals surface area contributed by atoms with Gasteiger partial charge in [-0.3, -0.25) is 0 Å². The van der Waals surface area contributed by atoms with Crippen molar-refractivity contribution < 1.29 is 5.11 Å². The molecule has 0 saturated heterocycles. The molecular weight excluding hydrogens is 296 g/mol. The highest BCUT2D eigenvalue weighted by Gasteiger charge is 2.17. The molecule has 120 valence electrons. The topological polar surface area (TPSA) is 38.1 Å². The Labute approximate surface area is 141 Å². The first-order valence-electron chi connectivity index (χ1n) is 8.30. The molecule has 3 heteroatoms. The Bertz CT molecular complexity index is 1020. The van der Waals surface area contributed by atoms with E-state index in [1.54, 1.807) is 6.07 Å². The number of phenols is 1. The van der Waals surface area contributed by atoms with E-state index in [2.05, 4.69) is 48.7 Å². The van der Waals surface area contributed by atoms with Crippen LogP contribution in [0, 0.1) is 0 Å². The van der Waals surface area contributed by atoms with Gasteiger partial charge in [-0.05, 0) is 5.56 Å². The van der Waals surface area contributed by atoms with E-state index in [9.17, 15) is 5.11 Å². The Morgan fingerprint density at radius 3 is 2.33 bits per heavy atom. The van der Waals surface area contributed by atoms with Crippen molar-refractivity contribution in [1.29, 1.82) is 0 Å². The fourth-order valence-corrected chi connectivity index (χ4v) is 3.36. The second-order valence-corrected chi connectivity index (χ2v) is 6.51. The Morgan fingerprint density at radius 2 is 1.62 bits per heavy atom. The molecule has 3 nitrogen and oxygen atoms in total. The SMILES string of the molecule is CC(C)c1nc2cc(O)c3ccccc3c2n1Cc1ccccc1. The zero-order chi connectivity index (χ0) is 16.7. The molecule has 0 aliphatic rings. The fraction of sp³-hybridized carbons (Fsp3) is 0.190. The van der Waals surface area contributed by atoms with E-state index in [0.29, 0.717) is 5.92 Å². The van der Waals surface area contributed by atoms with Gasteiger partial charge in [-0.25, -0.2) is 4.98 Å². The molecule has 0 atom stereocenters. The molecule has 4 rings (SSSR count). The molecule has 0 radical (unpaired) electrons. The van der Waals surface area contributed by atoms with E-state index in [4.69, 9.17) is 4.98 Å². The van der Waals surface area contributed by atoms with Crippen LogP contribution >= 0.6 is 0 Å². The van der Waals surface area contributed by atoms with Crippen LogP contribution in [0.4, 0.5) is 0 Å². The number of rotatable bonds is 3. The van der Waals surface area contributed by atoms with Gasteiger partial charge in [0.15, 0.2) is 0 Å². The lowest BCUT2D eigenvalue weighted by molar-refractivity contribution is 0.482. The molecule has 0 bridgehead atoms. The molecule has 1 N–H and O–H groups in total. The maximum absolute atomic E-state index is 10.3. The smallest absolute Gasteiger partial charge is 0.125 e. The van der Waals surface area contributed by atoms with Gasteiger partial charge in [0.25, 0.3) is 0 Å². The van der Waals surface area contributed by atoms with E-state index < -0.39 is 0 Å². The standard InChI is InChI=1S/C21H20N2O/c1-14(2)21-22-18-12-19(24)16-10-6-7-11-17(16)20(18)23(21)13-15-8-4-3-5-9-15/h3-12,14,24H,13H2,1-2H3. The monoisotopic (exact) mass is 316 g/mol. The predicted molar refractivity (Wildman–Crippen MR) is 98.5 cm³/mol. The number of aromatic hydroxyl groups is 1. The summed E-state index contributed by atoms with van der Waals surface area (Å²) in [7, 11) is 0. The molecule has 0 spiro atoms. The lowest BCUT2D eigenvalue weighted by atomic mass is 10.1.